The fraction of sp³-hybridized carbons (Fsp3) is 0.682. The number of nitrogens with one attached hydrogen (secondary N) is 1. The lowest BCUT2D eigenvalue weighted by atomic mass is 9.79. The normalized spacial score (nSPS) is 25.7. The molecule has 0 bridgehead atoms. The maximum atomic E-state index is 13.0. The van der Waals surface area contributed by atoms with Crippen molar-refractivity contribution >= 4 is 5.91 Å². The summed E-state index contributed by atoms with van der Waals surface area (Å²) in [6, 6.07) is 8.11. The van der Waals surface area contributed by atoms with Gasteiger partial charge in [0.15, 0.2) is 0 Å². The van der Waals surface area contributed by atoms with Crippen LogP contribution in [0.1, 0.15) is 44.1 Å². The van der Waals surface area contributed by atoms with Crippen LogP contribution >= 0.6 is 0 Å². The van der Waals surface area contributed by atoms with Gasteiger partial charge in [-0.3, -0.25) is 9.69 Å². The largest absolute Gasteiger partial charge is 0.493 e. The van der Waals surface area contributed by atoms with Gasteiger partial charge in [0.05, 0.1) is 19.8 Å². The number of morpholine rings is 1. The summed E-state index contributed by atoms with van der Waals surface area (Å²) in [4.78, 5) is 15.6. The zero-order valence-corrected chi connectivity index (χ0v) is 16.3. The highest BCUT2D eigenvalue weighted by Crippen LogP contribution is 2.34. The molecule has 5 heteroatoms. The third-order valence-electron chi connectivity index (χ3n) is 6.59. The van der Waals surface area contributed by atoms with Crippen LogP contribution in [0.25, 0.3) is 0 Å². The Hall–Kier alpha value is -1.59. The van der Waals surface area contributed by atoms with Crippen LogP contribution in [0.5, 0.6) is 5.75 Å². The van der Waals surface area contributed by atoms with E-state index in [4.69, 9.17) is 9.47 Å². The van der Waals surface area contributed by atoms with Gasteiger partial charge in [-0.15, -0.1) is 0 Å². The van der Waals surface area contributed by atoms with Gasteiger partial charge in [0.25, 0.3) is 0 Å². The van der Waals surface area contributed by atoms with E-state index in [9.17, 15) is 4.79 Å². The standard InChI is InChI=1S/C22H32N2O3/c25-21(19-8-13-27-20-7-3-2-6-18(20)16-19)23-17-22(9-4-1-5-10-22)24-11-14-26-15-12-24/h2-3,6-7,19H,1,4-5,8-17H2,(H,23,25). The smallest absolute Gasteiger partial charge is 0.223 e. The van der Waals surface area contributed by atoms with Crippen LogP contribution < -0.4 is 10.1 Å². The van der Waals surface area contributed by atoms with Gasteiger partial charge in [-0.2, -0.15) is 0 Å². The van der Waals surface area contributed by atoms with Gasteiger partial charge in [0.1, 0.15) is 5.75 Å². The summed E-state index contributed by atoms with van der Waals surface area (Å²) in [6.07, 6.45) is 7.76. The Labute approximate surface area is 162 Å². The lowest BCUT2D eigenvalue weighted by molar-refractivity contribution is -0.126. The molecule has 27 heavy (non-hydrogen) atoms. The van der Waals surface area contributed by atoms with Crippen molar-refractivity contribution in [3.63, 3.8) is 0 Å². The predicted octanol–water partition coefficient (Wildman–Crippen LogP) is 2.78. The number of rotatable bonds is 4. The van der Waals surface area contributed by atoms with Crippen molar-refractivity contribution in [2.45, 2.75) is 50.5 Å². The molecule has 0 spiro atoms. The Morgan fingerprint density at radius 2 is 1.89 bits per heavy atom. The van der Waals surface area contributed by atoms with Crippen LogP contribution in [0.3, 0.4) is 0 Å². The molecule has 1 atom stereocenters. The van der Waals surface area contributed by atoms with Crippen LogP contribution in [-0.4, -0.2) is 55.8 Å². The molecule has 1 N–H and O–H groups in total. The van der Waals surface area contributed by atoms with Crippen molar-refractivity contribution < 1.29 is 14.3 Å². The molecule has 2 fully saturated rings. The average Bonchev–Trinajstić information content (AvgIpc) is 2.96. The van der Waals surface area contributed by atoms with Crippen molar-refractivity contribution in [3.05, 3.63) is 29.8 Å². The number of fused-ring (bicyclic) bond motifs is 1. The van der Waals surface area contributed by atoms with Crippen LogP contribution in [0.15, 0.2) is 24.3 Å². The average molecular weight is 373 g/mol. The molecule has 1 saturated heterocycles. The first-order valence-electron chi connectivity index (χ1n) is 10.6. The summed E-state index contributed by atoms with van der Waals surface area (Å²) in [5, 5.41) is 3.34. The van der Waals surface area contributed by atoms with E-state index in [2.05, 4.69) is 16.3 Å². The molecule has 0 aromatic heterocycles. The molecule has 1 saturated carbocycles. The number of amides is 1. The number of para-hydroxylation sites is 1. The number of carbonyl (C=O) groups excluding carboxylic acids is 1. The maximum absolute atomic E-state index is 13.0. The van der Waals surface area contributed by atoms with Crippen LogP contribution in [0, 0.1) is 5.92 Å². The summed E-state index contributed by atoms with van der Waals surface area (Å²) in [7, 11) is 0. The summed E-state index contributed by atoms with van der Waals surface area (Å²) < 4.78 is 11.4. The van der Waals surface area contributed by atoms with Gasteiger partial charge in [-0.25, -0.2) is 0 Å². The minimum Gasteiger partial charge on any atom is -0.493 e. The highest BCUT2D eigenvalue weighted by molar-refractivity contribution is 5.79. The lowest BCUT2D eigenvalue weighted by Gasteiger charge is -2.48. The predicted molar refractivity (Wildman–Crippen MR) is 105 cm³/mol. The van der Waals surface area contributed by atoms with Gasteiger partial charge in [0, 0.05) is 31.1 Å². The van der Waals surface area contributed by atoms with Crippen LogP contribution in [0.4, 0.5) is 0 Å². The molecule has 2 aliphatic heterocycles. The second kappa shape index (κ2) is 8.61. The van der Waals surface area contributed by atoms with E-state index < -0.39 is 0 Å². The Balaban J connectivity index is 1.40. The van der Waals surface area contributed by atoms with Crippen molar-refractivity contribution in [1.29, 1.82) is 0 Å². The minimum absolute atomic E-state index is 0.000945. The molecular weight excluding hydrogens is 340 g/mol. The Morgan fingerprint density at radius 1 is 1.11 bits per heavy atom. The Bertz CT molecular complexity index is 636. The first-order chi connectivity index (χ1) is 13.3. The van der Waals surface area contributed by atoms with E-state index in [0.717, 1.165) is 57.0 Å². The molecule has 1 unspecified atom stereocenters. The van der Waals surface area contributed by atoms with Crippen molar-refractivity contribution in [2.75, 3.05) is 39.5 Å². The molecule has 3 aliphatic rings. The van der Waals surface area contributed by atoms with E-state index in [0.29, 0.717) is 6.61 Å². The zero-order valence-electron chi connectivity index (χ0n) is 16.3. The fourth-order valence-electron chi connectivity index (χ4n) is 4.96. The highest BCUT2D eigenvalue weighted by atomic mass is 16.5. The third kappa shape index (κ3) is 4.30. The second-order valence-corrected chi connectivity index (χ2v) is 8.25. The van der Waals surface area contributed by atoms with Crippen molar-refractivity contribution in [3.8, 4) is 5.75 Å². The van der Waals surface area contributed by atoms with Crippen LogP contribution in [-0.2, 0) is 16.0 Å². The van der Waals surface area contributed by atoms with Gasteiger partial charge in [-0.1, -0.05) is 37.5 Å². The number of nitrogens with zero attached hydrogens (tertiary/aromatic N) is 1. The number of hydrogen-bond donors (Lipinski definition) is 1. The summed E-state index contributed by atoms with van der Waals surface area (Å²) in [5.41, 5.74) is 1.27. The molecular formula is C22H32N2O3. The summed E-state index contributed by atoms with van der Waals surface area (Å²) in [6.45, 7) is 4.98. The van der Waals surface area contributed by atoms with Crippen molar-refractivity contribution in [2.24, 2.45) is 5.92 Å². The van der Waals surface area contributed by atoms with Gasteiger partial charge < -0.3 is 14.8 Å². The number of carbonyl (C=O) groups is 1. The first kappa shape index (κ1) is 18.8. The SMILES string of the molecule is O=C(NCC1(N2CCOCC2)CCCCC1)C1CCOc2ccccc2C1. The number of benzene rings is 1. The van der Waals surface area contributed by atoms with Crippen LogP contribution in [0.2, 0.25) is 0 Å². The minimum atomic E-state index is -0.000945. The molecule has 1 aromatic rings. The molecule has 5 nitrogen and oxygen atoms in total. The van der Waals surface area contributed by atoms with E-state index in [1.165, 1.54) is 32.1 Å². The quantitative estimate of drug-likeness (QED) is 0.883. The van der Waals surface area contributed by atoms with Gasteiger partial charge in [0.2, 0.25) is 5.91 Å². The van der Waals surface area contributed by atoms with E-state index >= 15 is 0 Å². The van der Waals surface area contributed by atoms with Gasteiger partial charge in [-0.05, 0) is 37.3 Å². The van der Waals surface area contributed by atoms with Gasteiger partial charge >= 0.3 is 0 Å². The Kier molecular flexibility index (Phi) is 5.98. The number of ether oxygens (including phenoxy) is 2. The summed E-state index contributed by atoms with van der Waals surface area (Å²) in [5.74, 6) is 1.12. The maximum Gasteiger partial charge on any atom is 0.223 e. The number of hydrogen-bond acceptors (Lipinski definition) is 4. The molecule has 1 amide bonds. The molecule has 2 heterocycles. The summed E-state index contributed by atoms with van der Waals surface area (Å²) >= 11 is 0. The first-order valence-corrected chi connectivity index (χ1v) is 10.6. The topological polar surface area (TPSA) is 50.8 Å². The molecule has 4 rings (SSSR count). The molecule has 1 aromatic carbocycles. The van der Waals surface area contributed by atoms with Crippen molar-refractivity contribution in [1.82, 2.24) is 10.2 Å². The monoisotopic (exact) mass is 372 g/mol. The lowest BCUT2D eigenvalue weighted by Crippen LogP contribution is -2.60. The van der Waals surface area contributed by atoms with E-state index in [1.54, 1.807) is 0 Å². The third-order valence-corrected chi connectivity index (χ3v) is 6.59. The Morgan fingerprint density at radius 3 is 2.70 bits per heavy atom. The van der Waals surface area contributed by atoms with E-state index in [1.807, 2.05) is 18.2 Å². The highest BCUT2D eigenvalue weighted by Gasteiger charge is 2.39. The second-order valence-electron chi connectivity index (χ2n) is 8.25. The molecule has 148 valence electrons. The van der Waals surface area contributed by atoms with E-state index in [-0.39, 0.29) is 17.4 Å². The molecule has 0 radical (unpaired) electrons. The molecule has 1 aliphatic carbocycles. The fourth-order valence-corrected chi connectivity index (χ4v) is 4.96. The zero-order chi connectivity index (χ0) is 18.5.